The maximum atomic E-state index is 13.0. The molecule has 0 aliphatic heterocycles. The van der Waals surface area contributed by atoms with Gasteiger partial charge in [-0.2, -0.15) is 26.3 Å². The average molecular weight is 544 g/mol. The van der Waals surface area contributed by atoms with Crippen molar-refractivity contribution in [1.29, 1.82) is 0 Å². The van der Waals surface area contributed by atoms with Gasteiger partial charge in [0.15, 0.2) is 0 Å². The fourth-order valence-electron chi connectivity index (χ4n) is 4.50. The number of aryl methyl sites for hydroxylation is 2. The summed E-state index contributed by atoms with van der Waals surface area (Å²) in [6.45, 7) is 9.59. The topological polar surface area (TPSA) is 55.5 Å². The maximum Gasteiger partial charge on any atom is 0.438 e. The first-order chi connectivity index (χ1) is 17.6. The first-order valence-corrected chi connectivity index (χ1v) is 12.6. The standard InChI is InChI=1S/C29H35F6NO2/c1-6-9-10-25(36)38-24-14-13-23(18-20(24)5)26(7-2,8-3)22-12-11-21(19(4)17-22)15-16-27(37,28(30,31)32)29(33,34)35/h11-14,17-18,25,37H,6-10,36H2,1-5H3. The van der Waals surface area contributed by atoms with Gasteiger partial charge in [-0.15, -0.1) is 0 Å². The highest BCUT2D eigenvalue weighted by Gasteiger charge is 2.70. The molecule has 210 valence electrons. The molecule has 0 radical (unpaired) electrons. The van der Waals surface area contributed by atoms with Crippen LogP contribution in [0.1, 0.15) is 80.7 Å². The molecule has 0 saturated heterocycles. The van der Waals surface area contributed by atoms with Crippen molar-refractivity contribution in [2.24, 2.45) is 5.73 Å². The van der Waals surface area contributed by atoms with E-state index in [1.807, 2.05) is 44.9 Å². The largest absolute Gasteiger partial charge is 0.475 e. The molecule has 0 bridgehead atoms. The lowest BCUT2D eigenvalue weighted by atomic mass is 9.70. The van der Waals surface area contributed by atoms with Gasteiger partial charge in [0.2, 0.25) is 0 Å². The van der Waals surface area contributed by atoms with E-state index in [0.717, 1.165) is 41.9 Å². The number of alkyl halides is 6. The van der Waals surface area contributed by atoms with Crippen molar-refractivity contribution in [1.82, 2.24) is 0 Å². The van der Waals surface area contributed by atoms with Crippen molar-refractivity contribution in [2.75, 3.05) is 0 Å². The van der Waals surface area contributed by atoms with E-state index in [-0.39, 0.29) is 5.56 Å². The number of ether oxygens (including phenoxy) is 1. The first-order valence-electron chi connectivity index (χ1n) is 12.6. The van der Waals surface area contributed by atoms with Crippen molar-refractivity contribution < 1.29 is 36.2 Å². The van der Waals surface area contributed by atoms with E-state index in [1.165, 1.54) is 6.07 Å². The van der Waals surface area contributed by atoms with Crippen LogP contribution < -0.4 is 10.5 Å². The summed E-state index contributed by atoms with van der Waals surface area (Å²) in [6, 6.07) is 10.6. The van der Waals surface area contributed by atoms with Crippen molar-refractivity contribution in [3.8, 4) is 17.6 Å². The highest BCUT2D eigenvalue weighted by molar-refractivity contribution is 5.50. The molecular weight excluding hydrogens is 508 g/mol. The zero-order valence-electron chi connectivity index (χ0n) is 22.3. The van der Waals surface area contributed by atoms with Gasteiger partial charge in [0.1, 0.15) is 12.0 Å². The Hall–Kier alpha value is -2.70. The van der Waals surface area contributed by atoms with Gasteiger partial charge in [-0.3, -0.25) is 5.73 Å². The Bertz CT molecular complexity index is 1140. The molecule has 2 aromatic carbocycles. The molecule has 0 aliphatic rings. The van der Waals surface area contributed by atoms with Crippen molar-refractivity contribution in [3.63, 3.8) is 0 Å². The minimum absolute atomic E-state index is 0.0391. The van der Waals surface area contributed by atoms with E-state index >= 15 is 0 Å². The zero-order valence-corrected chi connectivity index (χ0v) is 22.3. The molecular formula is C29H35F6NO2. The van der Waals surface area contributed by atoms with Crippen molar-refractivity contribution in [2.45, 2.75) is 96.3 Å². The highest BCUT2D eigenvalue weighted by atomic mass is 19.4. The first kappa shape index (κ1) is 31.5. The number of benzene rings is 2. The van der Waals surface area contributed by atoms with Crippen molar-refractivity contribution >= 4 is 0 Å². The lowest BCUT2D eigenvalue weighted by Gasteiger charge is -2.34. The predicted octanol–water partition coefficient (Wildman–Crippen LogP) is 7.47. The molecule has 3 nitrogen and oxygen atoms in total. The van der Waals surface area contributed by atoms with Gasteiger partial charge >= 0.3 is 18.0 Å². The van der Waals surface area contributed by atoms with E-state index in [2.05, 4.69) is 6.92 Å². The van der Waals surface area contributed by atoms with Gasteiger partial charge in [0.25, 0.3) is 0 Å². The molecule has 1 unspecified atom stereocenters. The van der Waals surface area contributed by atoms with Gasteiger partial charge in [0, 0.05) is 11.0 Å². The second-order valence-corrected chi connectivity index (χ2v) is 9.55. The zero-order chi connectivity index (χ0) is 28.9. The molecule has 0 aliphatic carbocycles. The van der Waals surface area contributed by atoms with Gasteiger partial charge in [-0.05, 0) is 79.8 Å². The highest BCUT2D eigenvalue weighted by Crippen LogP contribution is 2.43. The van der Waals surface area contributed by atoms with E-state index < -0.39 is 29.6 Å². The molecule has 1 atom stereocenters. The molecule has 0 spiro atoms. The summed E-state index contributed by atoms with van der Waals surface area (Å²) in [4.78, 5) is 0. The number of nitrogens with two attached hydrogens (primary N) is 1. The van der Waals surface area contributed by atoms with Crippen LogP contribution in [0.3, 0.4) is 0 Å². The van der Waals surface area contributed by atoms with E-state index in [4.69, 9.17) is 10.5 Å². The fraction of sp³-hybridized carbons (Fsp3) is 0.517. The van der Waals surface area contributed by atoms with Crippen LogP contribution >= 0.6 is 0 Å². The third-order valence-corrected chi connectivity index (χ3v) is 7.03. The minimum atomic E-state index is -6.00. The molecule has 0 aromatic heterocycles. The molecule has 3 N–H and O–H groups in total. The minimum Gasteiger partial charge on any atom is -0.475 e. The smallest absolute Gasteiger partial charge is 0.438 e. The molecule has 9 heteroatoms. The molecule has 0 amide bonds. The van der Waals surface area contributed by atoms with Crippen LogP contribution in [0.25, 0.3) is 0 Å². The van der Waals surface area contributed by atoms with Crippen LogP contribution in [0.5, 0.6) is 5.75 Å². The van der Waals surface area contributed by atoms with Crippen LogP contribution in [-0.2, 0) is 5.41 Å². The monoisotopic (exact) mass is 543 g/mol. The SMILES string of the molecule is CCCCC(N)Oc1ccc(C(CC)(CC)c2ccc(C#CC(O)(C(F)(F)F)C(F)(F)F)c(C)c2)cc1C. The molecule has 2 aromatic rings. The summed E-state index contributed by atoms with van der Waals surface area (Å²) in [6.07, 6.45) is -8.33. The Morgan fingerprint density at radius 1 is 0.868 bits per heavy atom. The molecule has 2 rings (SSSR count). The lowest BCUT2D eigenvalue weighted by molar-refractivity contribution is -0.343. The average Bonchev–Trinajstić information content (AvgIpc) is 2.83. The summed E-state index contributed by atoms with van der Waals surface area (Å²) < 4.78 is 83.9. The number of rotatable bonds is 9. The van der Waals surface area contributed by atoms with Gasteiger partial charge in [-0.25, -0.2) is 0 Å². The third kappa shape index (κ3) is 6.47. The third-order valence-electron chi connectivity index (χ3n) is 7.03. The summed E-state index contributed by atoms with van der Waals surface area (Å²) in [5.74, 6) is 3.61. The maximum absolute atomic E-state index is 13.0. The Morgan fingerprint density at radius 2 is 1.39 bits per heavy atom. The van der Waals surface area contributed by atoms with Gasteiger partial charge in [0.05, 0.1) is 0 Å². The summed E-state index contributed by atoms with van der Waals surface area (Å²) in [5.41, 5.74) is 3.59. The lowest BCUT2D eigenvalue weighted by Crippen LogP contribution is -2.55. The fourth-order valence-corrected chi connectivity index (χ4v) is 4.50. The molecule has 0 fully saturated rings. The Labute approximate surface area is 220 Å². The number of unbranched alkanes of at least 4 members (excludes halogenated alkanes) is 1. The van der Waals surface area contributed by atoms with Crippen LogP contribution in [-0.4, -0.2) is 29.3 Å². The van der Waals surface area contributed by atoms with E-state index in [0.29, 0.717) is 24.2 Å². The van der Waals surface area contributed by atoms with Crippen LogP contribution in [0.4, 0.5) is 26.3 Å². The Balaban J connectivity index is 2.48. The second kappa shape index (κ2) is 12.0. The van der Waals surface area contributed by atoms with Gasteiger partial charge in [-0.1, -0.05) is 57.4 Å². The van der Waals surface area contributed by atoms with Crippen LogP contribution in [0, 0.1) is 25.7 Å². The normalized spacial score (nSPS) is 13.6. The number of aliphatic hydroxyl groups is 1. The predicted molar refractivity (Wildman–Crippen MR) is 136 cm³/mol. The molecule has 38 heavy (non-hydrogen) atoms. The number of halogens is 6. The summed E-state index contributed by atoms with van der Waals surface area (Å²) in [5, 5.41) is 9.35. The molecule has 0 heterocycles. The van der Waals surface area contributed by atoms with Crippen molar-refractivity contribution in [3.05, 3.63) is 64.2 Å². The number of hydrogen-bond donors (Lipinski definition) is 2. The quantitative estimate of drug-likeness (QED) is 0.196. The molecule has 0 saturated carbocycles. The van der Waals surface area contributed by atoms with E-state index in [1.54, 1.807) is 19.1 Å². The van der Waals surface area contributed by atoms with Crippen LogP contribution in [0.2, 0.25) is 0 Å². The van der Waals surface area contributed by atoms with Gasteiger partial charge < -0.3 is 9.84 Å². The summed E-state index contributed by atoms with van der Waals surface area (Å²) >= 11 is 0. The van der Waals surface area contributed by atoms with Crippen LogP contribution in [0.15, 0.2) is 36.4 Å². The second-order valence-electron chi connectivity index (χ2n) is 9.55. The number of hydrogen-bond acceptors (Lipinski definition) is 3. The summed E-state index contributed by atoms with van der Waals surface area (Å²) in [7, 11) is 0. The Morgan fingerprint density at radius 3 is 1.84 bits per heavy atom. The van der Waals surface area contributed by atoms with E-state index in [9.17, 15) is 31.4 Å². The Kier molecular flexibility index (Phi) is 9.95.